The summed E-state index contributed by atoms with van der Waals surface area (Å²) in [6, 6.07) is 5.16. The summed E-state index contributed by atoms with van der Waals surface area (Å²) in [7, 11) is 1.55. The molecule has 2 rings (SSSR count). The van der Waals surface area contributed by atoms with Gasteiger partial charge in [0.15, 0.2) is 0 Å². The summed E-state index contributed by atoms with van der Waals surface area (Å²) >= 11 is 5.88. The van der Waals surface area contributed by atoms with E-state index >= 15 is 0 Å². The number of hydrogen-bond acceptors (Lipinski definition) is 3. The molecule has 0 aliphatic carbocycles. The van der Waals surface area contributed by atoms with Crippen LogP contribution in [0.5, 0.6) is 5.75 Å². The van der Waals surface area contributed by atoms with Crippen LogP contribution in [0, 0.1) is 0 Å². The third-order valence-corrected chi connectivity index (χ3v) is 2.51. The van der Waals surface area contributed by atoms with Gasteiger partial charge in [-0.1, -0.05) is 0 Å². The van der Waals surface area contributed by atoms with Crippen LogP contribution in [0.25, 0.3) is 10.9 Å². The van der Waals surface area contributed by atoms with E-state index in [0.29, 0.717) is 22.5 Å². The SMILES string of the molecule is COc1ccc2nc([C@@H](C)Cl)[nH]c(=O)c2c1. The highest BCUT2D eigenvalue weighted by atomic mass is 35.5. The molecule has 1 heterocycles. The van der Waals surface area contributed by atoms with E-state index < -0.39 is 0 Å². The first-order valence-electron chi connectivity index (χ1n) is 4.84. The number of methoxy groups -OCH3 is 1. The Labute approximate surface area is 97.2 Å². The fraction of sp³-hybridized carbons (Fsp3) is 0.273. The number of rotatable bonds is 2. The van der Waals surface area contributed by atoms with Crippen molar-refractivity contribution in [2.45, 2.75) is 12.3 Å². The number of fused-ring (bicyclic) bond motifs is 1. The minimum atomic E-state index is -0.320. The van der Waals surface area contributed by atoms with Crippen molar-refractivity contribution in [1.82, 2.24) is 9.97 Å². The molecule has 1 N–H and O–H groups in total. The summed E-state index contributed by atoms with van der Waals surface area (Å²) < 4.78 is 5.05. The normalized spacial score (nSPS) is 12.7. The van der Waals surface area contributed by atoms with Gasteiger partial charge in [-0.2, -0.15) is 0 Å². The van der Waals surface area contributed by atoms with Crippen LogP contribution < -0.4 is 10.3 Å². The predicted molar refractivity (Wildman–Crippen MR) is 63.2 cm³/mol. The number of aromatic amines is 1. The van der Waals surface area contributed by atoms with E-state index in [1.54, 1.807) is 32.2 Å². The zero-order chi connectivity index (χ0) is 11.7. The van der Waals surface area contributed by atoms with E-state index in [1.807, 2.05) is 0 Å². The molecule has 1 aromatic heterocycles. The van der Waals surface area contributed by atoms with Crippen molar-refractivity contribution in [2.24, 2.45) is 0 Å². The summed E-state index contributed by atoms with van der Waals surface area (Å²) in [4.78, 5) is 18.7. The molecule has 0 radical (unpaired) electrons. The highest BCUT2D eigenvalue weighted by molar-refractivity contribution is 6.20. The maximum absolute atomic E-state index is 11.8. The second-order valence-corrected chi connectivity index (χ2v) is 4.10. The summed E-state index contributed by atoms with van der Waals surface area (Å²) in [5, 5.41) is 0.180. The highest BCUT2D eigenvalue weighted by Crippen LogP contribution is 2.19. The van der Waals surface area contributed by atoms with Gasteiger partial charge in [-0.3, -0.25) is 4.79 Å². The van der Waals surface area contributed by atoms with Crippen LogP contribution >= 0.6 is 11.6 Å². The molecule has 0 aliphatic heterocycles. The number of ether oxygens (including phenoxy) is 1. The maximum atomic E-state index is 11.8. The Hall–Kier alpha value is -1.55. The minimum Gasteiger partial charge on any atom is -0.497 e. The molecule has 0 bridgehead atoms. The first-order valence-corrected chi connectivity index (χ1v) is 5.27. The summed E-state index contributed by atoms with van der Waals surface area (Å²) in [6.07, 6.45) is 0. The predicted octanol–water partition coefficient (Wildman–Crippen LogP) is 2.23. The number of nitrogens with zero attached hydrogens (tertiary/aromatic N) is 1. The van der Waals surface area contributed by atoms with Gasteiger partial charge in [0.1, 0.15) is 11.6 Å². The standard InChI is InChI=1S/C11H11ClN2O2/c1-6(12)10-13-9-4-3-7(16-2)5-8(9)11(15)14-10/h3-6H,1-2H3,(H,13,14,15)/t6-/m1/s1. The summed E-state index contributed by atoms with van der Waals surface area (Å²) in [5.41, 5.74) is 0.415. The van der Waals surface area contributed by atoms with E-state index in [1.165, 1.54) is 0 Å². The first kappa shape index (κ1) is 11.0. The van der Waals surface area contributed by atoms with Crippen molar-refractivity contribution in [3.8, 4) is 5.75 Å². The van der Waals surface area contributed by atoms with Crippen LogP contribution in [0.3, 0.4) is 0 Å². The lowest BCUT2D eigenvalue weighted by Crippen LogP contribution is -2.12. The van der Waals surface area contributed by atoms with E-state index in [9.17, 15) is 4.79 Å². The van der Waals surface area contributed by atoms with Gasteiger partial charge in [0.05, 0.1) is 23.4 Å². The quantitative estimate of drug-likeness (QED) is 0.817. The Morgan fingerprint density at radius 1 is 1.50 bits per heavy atom. The van der Waals surface area contributed by atoms with Crippen LogP contribution in [0.1, 0.15) is 18.1 Å². The van der Waals surface area contributed by atoms with Crippen molar-refractivity contribution < 1.29 is 4.74 Å². The lowest BCUT2D eigenvalue weighted by Gasteiger charge is -2.05. The van der Waals surface area contributed by atoms with Crippen LogP contribution in [0.2, 0.25) is 0 Å². The maximum Gasteiger partial charge on any atom is 0.258 e. The largest absolute Gasteiger partial charge is 0.497 e. The number of alkyl halides is 1. The monoisotopic (exact) mass is 238 g/mol. The molecule has 0 fully saturated rings. The number of halogens is 1. The molecular formula is C11H11ClN2O2. The van der Waals surface area contributed by atoms with Gasteiger partial charge in [0.2, 0.25) is 0 Å². The van der Waals surface area contributed by atoms with Crippen molar-refractivity contribution >= 4 is 22.5 Å². The fourth-order valence-corrected chi connectivity index (χ4v) is 1.55. The number of nitrogens with one attached hydrogen (secondary N) is 1. The van der Waals surface area contributed by atoms with Crippen molar-refractivity contribution in [1.29, 1.82) is 0 Å². The second-order valence-electron chi connectivity index (χ2n) is 3.45. The Kier molecular flexibility index (Phi) is 2.83. The Bertz CT molecular complexity index is 578. The minimum absolute atomic E-state index is 0.202. The molecule has 2 aromatic rings. The topological polar surface area (TPSA) is 55.0 Å². The lowest BCUT2D eigenvalue weighted by atomic mass is 10.2. The van der Waals surface area contributed by atoms with E-state index in [-0.39, 0.29) is 10.9 Å². The Balaban J connectivity index is 2.71. The van der Waals surface area contributed by atoms with Crippen LogP contribution in [0.15, 0.2) is 23.0 Å². The van der Waals surface area contributed by atoms with Crippen LogP contribution in [-0.2, 0) is 0 Å². The molecule has 16 heavy (non-hydrogen) atoms. The molecule has 1 aromatic carbocycles. The zero-order valence-electron chi connectivity index (χ0n) is 8.95. The molecule has 84 valence electrons. The first-order chi connectivity index (χ1) is 7.61. The van der Waals surface area contributed by atoms with Gasteiger partial charge in [-0.05, 0) is 25.1 Å². The van der Waals surface area contributed by atoms with Gasteiger partial charge in [0, 0.05) is 0 Å². The van der Waals surface area contributed by atoms with E-state index in [4.69, 9.17) is 16.3 Å². The van der Waals surface area contributed by atoms with Crippen molar-refractivity contribution in [3.05, 3.63) is 34.4 Å². The lowest BCUT2D eigenvalue weighted by molar-refractivity contribution is 0.415. The average Bonchev–Trinajstić information content (AvgIpc) is 2.28. The smallest absolute Gasteiger partial charge is 0.258 e. The number of benzene rings is 1. The third kappa shape index (κ3) is 1.88. The number of hydrogen-bond donors (Lipinski definition) is 1. The summed E-state index contributed by atoms with van der Waals surface area (Å²) in [5.74, 6) is 1.11. The van der Waals surface area contributed by atoms with Crippen molar-refractivity contribution in [3.63, 3.8) is 0 Å². The zero-order valence-corrected chi connectivity index (χ0v) is 9.71. The summed E-state index contributed by atoms with van der Waals surface area (Å²) in [6.45, 7) is 1.76. The van der Waals surface area contributed by atoms with E-state index in [0.717, 1.165) is 0 Å². The third-order valence-electron chi connectivity index (χ3n) is 2.31. The molecular weight excluding hydrogens is 228 g/mol. The average molecular weight is 239 g/mol. The van der Waals surface area contributed by atoms with Gasteiger partial charge < -0.3 is 9.72 Å². The van der Waals surface area contributed by atoms with Gasteiger partial charge in [-0.15, -0.1) is 11.6 Å². The van der Waals surface area contributed by atoms with E-state index in [2.05, 4.69) is 9.97 Å². The van der Waals surface area contributed by atoms with Crippen LogP contribution in [0.4, 0.5) is 0 Å². The molecule has 1 atom stereocenters. The molecule has 0 saturated heterocycles. The van der Waals surface area contributed by atoms with Crippen molar-refractivity contribution in [2.75, 3.05) is 7.11 Å². The number of aromatic nitrogens is 2. The van der Waals surface area contributed by atoms with Crippen LogP contribution in [-0.4, -0.2) is 17.1 Å². The molecule has 0 spiro atoms. The van der Waals surface area contributed by atoms with Gasteiger partial charge >= 0.3 is 0 Å². The molecule has 4 nitrogen and oxygen atoms in total. The Morgan fingerprint density at radius 2 is 2.25 bits per heavy atom. The highest BCUT2D eigenvalue weighted by Gasteiger charge is 2.08. The second kappa shape index (κ2) is 4.14. The Morgan fingerprint density at radius 3 is 2.88 bits per heavy atom. The number of H-pyrrole nitrogens is 1. The van der Waals surface area contributed by atoms with Gasteiger partial charge in [0.25, 0.3) is 5.56 Å². The molecule has 0 aliphatic rings. The molecule has 5 heteroatoms. The molecule has 0 saturated carbocycles. The van der Waals surface area contributed by atoms with Gasteiger partial charge in [-0.25, -0.2) is 4.98 Å². The molecule has 0 amide bonds. The fourth-order valence-electron chi connectivity index (χ4n) is 1.45. The molecule has 0 unspecified atom stereocenters.